The third-order valence-electron chi connectivity index (χ3n) is 3.67. The SMILES string of the molecule is CCC(c1nnc2cnc3cc(C(F)(F)F)ccc3n12)P(=O)(O)O. The molecule has 1 atom stereocenters. The number of nitrogens with zero attached hydrogens (tertiary/aromatic N) is 4. The fourth-order valence-electron chi connectivity index (χ4n) is 2.55. The first-order valence-electron chi connectivity index (χ1n) is 6.89. The lowest BCUT2D eigenvalue weighted by Gasteiger charge is -2.15. The Morgan fingerprint density at radius 2 is 2.00 bits per heavy atom. The molecule has 0 saturated heterocycles. The molecule has 2 aromatic heterocycles. The summed E-state index contributed by atoms with van der Waals surface area (Å²) in [6.07, 6.45) is -3.21. The zero-order chi connectivity index (χ0) is 17.7. The smallest absolute Gasteiger partial charge is 0.324 e. The summed E-state index contributed by atoms with van der Waals surface area (Å²) in [4.78, 5) is 22.9. The van der Waals surface area contributed by atoms with Crippen molar-refractivity contribution in [3.63, 3.8) is 0 Å². The van der Waals surface area contributed by atoms with Gasteiger partial charge in [-0.25, -0.2) is 0 Å². The number of rotatable bonds is 3. The normalized spacial score (nSPS) is 14.4. The fourth-order valence-corrected chi connectivity index (χ4v) is 3.49. The highest BCUT2D eigenvalue weighted by Crippen LogP contribution is 2.53. The molecule has 24 heavy (non-hydrogen) atoms. The topological polar surface area (TPSA) is 101 Å². The van der Waals surface area contributed by atoms with E-state index >= 15 is 0 Å². The summed E-state index contributed by atoms with van der Waals surface area (Å²) in [6.45, 7) is 1.58. The highest BCUT2D eigenvalue weighted by molar-refractivity contribution is 7.52. The summed E-state index contributed by atoms with van der Waals surface area (Å²) in [6, 6.07) is 2.94. The van der Waals surface area contributed by atoms with Crippen LogP contribution in [0.15, 0.2) is 24.4 Å². The molecule has 0 bridgehead atoms. The molecule has 0 aliphatic rings. The van der Waals surface area contributed by atoms with E-state index in [0.29, 0.717) is 0 Å². The van der Waals surface area contributed by atoms with E-state index in [1.165, 1.54) is 16.7 Å². The predicted octanol–water partition coefficient (Wildman–Crippen LogP) is 2.93. The maximum Gasteiger partial charge on any atom is 0.416 e. The van der Waals surface area contributed by atoms with Crippen molar-refractivity contribution >= 4 is 24.3 Å². The molecule has 0 saturated carbocycles. The van der Waals surface area contributed by atoms with E-state index in [1.807, 2.05) is 0 Å². The minimum atomic E-state index is -4.52. The predicted molar refractivity (Wildman–Crippen MR) is 78.4 cm³/mol. The van der Waals surface area contributed by atoms with Gasteiger partial charge in [-0.05, 0) is 24.6 Å². The number of aromatic nitrogens is 4. The lowest BCUT2D eigenvalue weighted by atomic mass is 10.2. The molecule has 2 N–H and O–H groups in total. The van der Waals surface area contributed by atoms with Crippen molar-refractivity contribution in [2.24, 2.45) is 0 Å². The van der Waals surface area contributed by atoms with Crippen LogP contribution in [0.4, 0.5) is 13.2 Å². The highest BCUT2D eigenvalue weighted by atomic mass is 31.2. The van der Waals surface area contributed by atoms with Crippen LogP contribution in [-0.2, 0) is 10.7 Å². The molecule has 3 rings (SSSR count). The van der Waals surface area contributed by atoms with Gasteiger partial charge in [0, 0.05) is 0 Å². The van der Waals surface area contributed by atoms with Crippen LogP contribution in [0.2, 0.25) is 0 Å². The van der Waals surface area contributed by atoms with Crippen LogP contribution in [0.5, 0.6) is 0 Å². The van der Waals surface area contributed by atoms with Gasteiger partial charge in [0.15, 0.2) is 11.5 Å². The molecule has 1 aromatic carbocycles. The summed E-state index contributed by atoms with van der Waals surface area (Å²) in [5, 5.41) is 7.62. The van der Waals surface area contributed by atoms with Gasteiger partial charge in [-0.1, -0.05) is 6.92 Å². The lowest BCUT2D eigenvalue weighted by Crippen LogP contribution is -2.07. The van der Waals surface area contributed by atoms with Crippen molar-refractivity contribution in [1.82, 2.24) is 19.6 Å². The Labute approximate surface area is 133 Å². The molecule has 0 spiro atoms. The third-order valence-corrected chi connectivity index (χ3v) is 5.07. The van der Waals surface area contributed by atoms with Crippen LogP contribution in [0.1, 0.15) is 30.4 Å². The van der Waals surface area contributed by atoms with Crippen LogP contribution < -0.4 is 0 Å². The number of hydrogen-bond acceptors (Lipinski definition) is 4. The summed E-state index contributed by atoms with van der Waals surface area (Å²) in [5.41, 5.74) is -1.60. The van der Waals surface area contributed by atoms with E-state index in [4.69, 9.17) is 0 Å². The molecule has 0 radical (unpaired) electrons. The van der Waals surface area contributed by atoms with E-state index in [9.17, 15) is 27.5 Å². The maximum atomic E-state index is 12.8. The van der Waals surface area contributed by atoms with Gasteiger partial charge in [-0.15, -0.1) is 10.2 Å². The van der Waals surface area contributed by atoms with Gasteiger partial charge in [0.1, 0.15) is 5.66 Å². The summed E-state index contributed by atoms with van der Waals surface area (Å²) in [5.74, 6) is -0.00649. The van der Waals surface area contributed by atoms with Crippen LogP contribution in [0, 0.1) is 0 Å². The second-order valence-corrected chi connectivity index (χ2v) is 7.03. The Morgan fingerprint density at radius 3 is 2.58 bits per heavy atom. The van der Waals surface area contributed by atoms with Crippen LogP contribution >= 0.6 is 7.60 Å². The molecule has 0 amide bonds. The lowest BCUT2D eigenvalue weighted by molar-refractivity contribution is -0.137. The first-order valence-corrected chi connectivity index (χ1v) is 8.57. The monoisotopic (exact) mass is 360 g/mol. The number of hydrogen-bond donors (Lipinski definition) is 2. The largest absolute Gasteiger partial charge is 0.416 e. The maximum absolute atomic E-state index is 12.8. The van der Waals surface area contributed by atoms with E-state index < -0.39 is 25.0 Å². The molecule has 7 nitrogen and oxygen atoms in total. The quantitative estimate of drug-likeness (QED) is 0.697. The van der Waals surface area contributed by atoms with E-state index in [1.54, 1.807) is 6.92 Å². The minimum absolute atomic E-state index is 0.00649. The van der Waals surface area contributed by atoms with Gasteiger partial charge in [0.25, 0.3) is 0 Å². The van der Waals surface area contributed by atoms with Crippen molar-refractivity contribution in [2.75, 3.05) is 0 Å². The first-order chi connectivity index (χ1) is 11.1. The number of halogens is 3. The average molecular weight is 360 g/mol. The van der Waals surface area contributed by atoms with Gasteiger partial charge in [0.05, 0.1) is 22.8 Å². The number of fused-ring (bicyclic) bond motifs is 3. The molecule has 1 unspecified atom stereocenters. The van der Waals surface area contributed by atoms with Gasteiger partial charge >= 0.3 is 13.8 Å². The van der Waals surface area contributed by atoms with Crippen molar-refractivity contribution < 1.29 is 27.5 Å². The number of benzene rings is 1. The molecular formula is C13H12F3N4O3P. The average Bonchev–Trinajstić information content (AvgIpc) is 2.89. The Hall–Kier alpha value is -2.03. The summed E-state index contributed by atoms with van der Waals surface area (Å²) < 4.78 is 51.5. The Kier molecular flexibility index (Phi) is 3.86. The highest BCUT2D eigenvalue weighted by Gasteiger charge is 2.34. The molecule has 2 heterocycles. The standard InChI is InChI=1S/C13H12F3N4O3P/c1-2-10(24(21,22)23)12-19-18-11-6-17-8-5-7(13(14,15)16)3-4-9(8)20(11)12/h3-6,10H,2H2,1H3,(H2,21,22,23). The summed E-state index contributed by atoms with van der Waals surface area (Å²) in [7, 11) is -4.51. The van der Waals surface area contributed by atoms with Gasteiger partial charge in [-0.2, -0.15) is 13.2 Å². The first kappa shape index (κ1) is 16.8. The third kappa shape index (κ3) is 2.77. The van der Waals surface area contributed by atoms with Crippen molar-refractivity contribution in [2.45, 2.75) is 25.2 Å². The van der Waals surface area contributed by atoms with Crippen molar-refractivity contribution in [1.29, 1.82) is 0 Å². The molecule has 0 aliphatic carbocycles. The molecule has 0 aliphatic heterocycles. The molecule has 0 fully saturated rings. The van der Waals surface area contributed by atoms with Gasteiger partial charge < -0.3 is 9.79 Å². The van der Waals surface area contributed by atoms with Gasteiger partial charge in [0.2, 0.25) is 0 Å². The Morgan fingerprint density at radius 1 is 1.29 bits per heavy atom. The molecular weight excluding hydrogens is 348 g/mol. The summed E-state index contributed by atoms with van der Waals surface area (Å²) >= 11 is 0. The van der Waals surface area contributed by atoms with Crippen molar-refractivity contribution in [3.05, 3.63) is 35.8 Å². The second kappa shape index (κ2) is 5.51. The molecule has 11 heteroatoms. The Balaban J connectivity index is 2.31. The zero-order valence-electron chi connectivity index (χ0n) is 12.3. The fraction of sp³-hybridized carbons (Fsp3) is 0.308. The molecule has 128 valence electrons. The van der Waals surface area contributed by atoms with Crippen LogP contribution in [0.25, 0.3) is 16.7 Å². The van der Waals surface area contributed by atoms with Crippen LogP contribution in [0.3, 0.4) is 0 Å². The van der Waals surface area contributed by atoms with E-state index in [0.717, 1.165) is 12.1 Å². The van der Waals surface area contributed by atoms with E-state index in [-0.39, 0.29) is 28.9 Å². The molecule has 3 aromatic rings. The van der Waals surface area contributed by atoms with Crippen molar-refractivity contribution in [3.8, 4) is 0 Å². The minimum Gasteiger partial charge on any atom is -0.324 e. The Bertz CT molecular complexity index is 966. The number of alkyl halides is 3. The van der Waals surface area contributed by atoms with E-state index in [2.05, 4.69) is 15.2 Å². The van der Waals surface area contributed by atoms with Gasteiger partial charge in [-0.3, -0.25) is 13.9 Å². The zero-order valence-corrected chi connectivity index (χ0v) is 13.2. The second-order valence-electron chi connectivity index (χ2n) is 5.22. The van der Waals surface area contributed by atoms with Crippen LogP contribution in [-0.4, -0.2) is 29.4 Å².